The third kappa shape index (κ3) is 1.25. The Bertz CT molecular complexity index is 487. The van der Waals surface area contributed by atoms with E-state index in [1.54, 1.807) is 6.07 Å². The molecule has 3 nitrogen and oxygen atoms in total. The van der Waals surface area contributed by atoms with E-state index in [-0.39, 0.29) is 5.56 Å². The van der Waals surface area contributed by atoms with Gasteiger partial charge in [-0.1, -0.05) is 0 Å². The molecule has 0 atom stereocenters. The topological polar surface area (TPSA) is 39.4 Å². The number of furan rings is 1. The van der Waals surface area contributed by atoms with Crippen LogP contribution in [0.5, 0.6) is 0 Å². The minimum Gasteiger partial charge on any atom is -0.465 e. The fourth-order valence-electron chi connectivity index (χ4n) is 1.31. The first kappa shape index (κ1) is 8.74. The van der Waals surface area contributed by atoms with Crippen LogP contribution in [0.3, 0.4) is 0 Å². The number of halogens is 1. The third-order valence-electron chi connectivity index (χ3n) is 1.92. The molecule has 1 aromatic carbocycles. The zero-order valence-corrected chi connectivity index (χ0v) is 7.41. The standard InChI is InChI=1S/C10H7FO3/c1-13-10(12)8-5-7(11)4-6-2-3-14-9(6)8/h2-5H,1H3. The van der Waals surface area contributed by atoms with Gasteiger partial charge in [0.15, 0.2) is 0 Å². The van der Waals surface area contributed by atoms with Crippen molar-refractivity contribution >= 4 is 16.9 Å². The van der Waals surface area contributed by atoms with E-state index in [1.807, 2.05) is 0 Å². The largest absolute Gasteiger partial charge is 0.465 e. The molecule has 0 aliphatic rings. The first-order chi connectivity index (χ1) is 6.72. The van der Waals surface area contributed by atoms with Gasteiger partial charge in [-0.2, -0.15) is 0 Å². The molecule has 0 bridgehead atoms. The van der Waals surface area contributed by atoms with Crippen LogP contribution in [0.1, 0.15) is 10.4 Å². The summed E-state index contributed by atoms with van der Waals surface area (Å²) in [5.41, 5.74) is 0.450. The molecule has 0 saturated heterocycles. The molecule has 0 aliphatic carbocycles. The molecule has 4 heteroatoms. The van der Waals surface area contributed by atoms with Crippen LogP contribution in [0.2, 0.25) is 0 Å². The van der Waals surface area contributed by atoms with Crippen molar-refractivity contribution in [2.75, 3.05) is 7.11 Å². The first-order valence-electron chi connectivity index (χ1n) is 3.97. The van der Waals surface area contributed by atoms with Crippen LogP contribution in [0.25, 0.3) is 11.0 Å². The highest BCUT2D eigenvalue weighted by Crippen LogP contribution is 2.22. The number of rotatable bonds is 1. The molecule has 0 saturated carbocycles. The van der Waals surface area contributed by atoms with E-state index in [1.165, 1.54) is 19.4 Å². The highest BCUT2D eigenvalue weighted by molar-refractivity contribution is 6.01. The Morgan fingerprint density at radius 3 is 3.00 bits per heavy atom. The normalized spacial score (nSPS) is 10.4. The molecule has 14 heavy (non-hydrogen) atoms. The molecule has 0 spiro atoms. The molecular formula is C10H7FO3. The van der Waals surface area contributed by atoms with Crippen molar-refractivity contribution in [2.24, 2.45) is 0 Å². The van der Waals surface area contributed by atoms with Crippen molar-refractivity contribution in [2.45, 2.75) is 0 Å². The lowest BCUT2D eigenvalue weighted by atomic mass is 10.1. The SMILES string of the molecule is COC(=O)c1cc(F)cc2ccoc12. The van der Waals surface area contributed by atoms with Crippen LogP contribution in [-0.4, -0.2) is 13.1 Å². The predicted molar refractivity (Wildman–Crippen MR) is 47.5 cm³/mol. The number of hydrogen-bond acceptors (Lipinski definition) is 3. The van der Waals surface area contributed by atoms with E-state index in [2.05, 4.69) is 4.74 Å². The van der Waals surface area contributed by atoms with E-state index < -0.39 is 11.8 Å². The molecule has 2 aromatic rings. The van der Waals surface area contributed by atoms with Crippen molar-refractivity contribution in [1.82, 2.24) is 0 Å². The fraction of sp³-hybridized carbons (Fsp3) is 0.100. The molecule has 0 unspecified atom stereocenters. The van der Waals surface area contributed by atoms with E-state index >= 15 is 0 Å². The van der Waals surface area contributed by atoms with E-state index in [9.17, 15) is 9.18 Å². The number of fused-ring (bicyclic) bond motifs is 1. The number of carbonyl (C=O) groups excluding carboxylic acids is 1. The van der Waals surface area contributed by atoms with Gasteiger partial charge in [0.25, 0.3) is 0 Å². The predicted octanol–water partition coefficient (Wildman–Crippen LogP) is 2.36. The molecule has 0 radical (unpaired) electrons. The summed E-state index contributed by atoms with van der Waals surface area (Å²) < 4.78 is 22.6. The van der Waals surface area contributed by atoms with Gasteiger partial charge in [-0.25, -0.2) is 9.18 Å². The maximum Gasteiger partial charge on any atom is 0.341 e. The zero-order chi connectivity index (χ0) is 10.1. The van der Waals surface area contributed by atoms with Crippen LogP contribution in [-0.2, 0) is 4.74 Å². The molecule has 2 rings (SSSR count). The number of hydrogen-bond donors (Lipinski definition) is 0. The molecule has 1 heterocycles. The highest BCUT2D eigenvalue weighted by Gasteiger charge is 2.14. The summed E-state index contributed by atoms with van der Waals surface area (Å²) in [5, 5.41) is 0.547. The van der Waals surface area contributed by atoms with Gasteiger partial charge in [0.05, 0.1) is 13.4 Å². The van der Waals surface area contributed by atoms with Crippen molar-refractivity contribution in [3.8, 4) is 0 Å². The van der Waals surface area contributed by atoms with Gasteiger partial charge in [-0.05, 0) is 18.2 Å². The second kappa shape index (κ2) is 3.14. The van der Waals surface area contributed by atoms with Gasteiger partial charge >= 0.3 is 5.97 Å². The zero-order valence-electron chi connectivity index (χ0n) is 7.41. The maximum absolute atomic E-state index is 13.0. The van der Waals surface area contributed by atoms with Crippen molar-refractivity contribution in [3.05, 3.63) is 35.8 Å². The Morgan fingerprint density at radius 2 is 2.29 bits per heavy atom. The van der Waals surface area contributed by atoms with Crippen LogP contribution in [0.15, 0.2) is 28.9 Å². The lowest BCUT2D eigenvalue weighted by molar-refractivity contribution is 0.0601. The summed E-state index contributed by atoms with van der Waals surface area (Å²) >= 11 is 0. The molecule has 0 N–H and O–H groups in total. The number of benzene rings is 1. The Hall–Kier alpha value is -1.84. The van der Waals surface area contributed by atoms with E-state index in [4.69, 9.17) is 4.42 Å². The van der Waals surface area contributed by atoms with Crippen molar-refractivity contribution in [3.63, 3.8) is 0 Å². The highest BCUT2D eigenvalue weighted by atomic mass is 19.1. The van der Waals surface area contributed by atoms with E-state index in [0.29, 0.717) is 11.0 Å². The Balaban J connectivity index is 2.72. The van der Waals surface area contributed by atoms with Crippen LogP contribution < -0.4 is 0 Å². The summed E-state index contributed by atoms with van der Waals surface area (Å²) in [4.78, 5) is 11.2. The van der Waals surface area contributed by atoms with Gasteiger partial charge < -0.3 is 9.15 Å². The summed E-state index contributed by atoms with van der Waals surface area (Å²) in [7, 11) is 1.24. The molecule has 0 amide bonds. The van der Waals surface area contributed by atoms with Crippen molar-refractivity contribution in [1.29, 1.82) is 0 Å². The quantitative estimate of drug-likeness (QED) is 0.654. The first-order valence-corrected chi connectivity index (χ1v) is 3.97. The Kier molecular flexibility index (Phi) is 1.96. The van der Waals surface area contributed by atoms with E-state index in [0.717, 1.165) is 6.07 Å². The van der Waals surface area contributed by atoms with Gasteiger partial charge in [0.2, 0.25) is 0 Å². The number of carbonyl (C=O) groups is 1. The van der Waals surface area contributed by atoms with Gasteiger partial charge in [-0.3, -0.25) is 0 Å². The maximum atomic E-state index is 13.0. The van der Waals surface area contributed by atoms with Crippen LogP contribution in [0, 0.1) is 5.82 Å². The Morgan fingerprint density at radius 1 is 1.50 bits per heavy atom. The molecule has 0 aliphatic heterocycles. The Labute approximate surface area is 79.1 Å². The molecular weight excluding hydrogens is 187 g/mol. The lowest BCUT2D eigenvalue weighted by Crippen LogP contribution is -2.01. The monoisotopic (exact) mass is 194 g/mol. The summed E-state index contributed by atoms with van der Waals surface area (Å²) in [6.45, 7) is 0. The van der Waals surface area contributed by atoms with Gasteiger partial charge in [0, 0.05) is 5.39 Å². The number of methoxy groups -OCH3 is 1. The smallest absolute Gasteiger partial charge is 0.341 e. The van der Waals surface area contributed by atoms with Crippen LogP contribution >= 0.6 is 0 Å². The summed E-state index contributed by atoms with van der Waals surface area (Å²) in [6.07, 6.45) is 1.40. The second-order valence-electron chi connectivity index (χ2n) is 2.78. The van der Waals surface area contributed by atoms with Gasteiger partial charge in [0.1, 0.15) is 17.0 Å². The average molecular weight is 194 g/mol. The number of esters is 1. The minimum atomic E-state index is -0.607. The van der Waals surface area contributed by atoms with Crippen molar-refractivity contribution < 1.29 is 18.3 Å². The van der Waals surface area contributed by atoms with Gasteiger partial charge in [-0.15, -0.1) is 0 Å². The average Bonchev–Trinajstić information content (AvgIpc) is 2.62. The number of ether oxygens (including phenoxy) is 1. The second-order valence-corrected chi connectivity index (χ2v) is 2.78. The lowest BCUT2D eigenvalue weighted by Gasteiger charge is -1.99. The fourth-order valence-corrected chi connectivity index (χ4v) is 1.31. The molecule has 1 aromatic heterocycles. The summed E-state index contributed by atoms with van der Waals surface area (Å²) in [5.74, 6) is -1.09. The molecule has 72 valence electrons. The molecule has 0 fully saturated rings. The summed E-state index contributed by atoms with van der Waals surface area (Å²) in [6, 6.07) is 3.98. The third-order valence-corrected chi connectivity index (χ3v) is 1.92. The van der Waals surface area contributed by atoms with Crippen LogP contribution in [0.4, 0.5) is 4.39 Å². The minimum absolute atomic E-state index is 0.104.